The molecule has 0 aliphatic heterocycles. The quantitative estimate of drug-likeness (QED) is 0.797. The zero-order chi connectivity index (χ0) is 11.7. The molecule has 4 heteroatoms. The molecular weight excluding hydrogens is 250 g/mol. The average Bonchev–Trinajstić information content (AvgIpc) is 2.23. The lowest BCUT2D eigenvalue weighted by Gasteiger charge is -2.08. The second-order valence-corrected chi connectivity index (χ2v) is 4.07. The summed E-state index contributed by atoms with van der Waals surface area (Å²) >= 11 is 11.9. The fourth-order valence-corrected chi connectivity index (χ4v) is 2.06. The van der Waals surface area contributed by atoms with Crippen LogP contribution in [0.3, 0.4) is 0 Å². The first-order valence-corrected chi connectivity index (χ1v) is 5.28. The first kappa shape index (κ1) is 11.2. The fraction of sp³-hybridized carbons (Fsp3) is 0. The van der Waals surface area contributed by atoms with Gasteiger partial charge in [0.2, 0.25) is 0 Å². The van der Waals surface area contributed by atoms with Gasteiger partial charge in [-0.2, -0.15) is 0 Å². The molecule has 0 aromatic heterocycles. The van der Waals surface area contributed by atoms with E-state index in [2.05, 4.69) is 0 Å². The molecule has 0 saturated heterocycles. The van der Waals surface area contributed by atoms with Crippen molar-refractivity contribution >= 4 is 23.2 Å². The van der Waals surface area contributed by atoms with Crippen molar-refractivity contribution in [2.75, 3.05) is 0 Å². The van der Waals surface area contributed by atoms with Gasteiger partial charge in [0.15, 0.2) is 0 Å². The highest BCUT2D eigenvalue weighted by Crippen LogP contribution is 2.39. The van der Waals surface area contributed by atoms with Crippen LogP contribution < -0.4 is 0 Å². The Labute approximate surface area is 102 Å². The van der Waals surface area contributed by atoms with Crippen molar-refractivity contribution in [2.45, 2.75) is 0 Å². The van der Waals surface area contributed by atoms with Crippen molar-refractivity contribution in [3.8, 4) is 16.9 Å². The third-order valence-electron chi connectivity index (χ3n) is 2.19. The number of benzene rings is 2. The highest BCUT2D eigenvalue weighted by atomic mass is 35.5. The topological polar surface area (TPSA) is 20.2 Å². The molecule has 0 aliphatic rings. The molecule has 0 radical (unpaired) electrons. The van der Waals surface area contributed by atoms with Crippen LogP contribution in [0.2, 0.25) is 10.0 Å². The molecule has 2 aromatic rings. The van der Waals surface area contributed by atoms with Crippen molar-refractivity contribution in [1.29, 1.82) is 0 Å². The molecule has 0 fully saturated rings. The van der Waals surface area contributed by atoms with E-state index in [0.717, 1.165) is 0 Å². The Morgan fingerprint density at radius 3 is 2.25 bits per heavy atom. The van der Waals surface area contributed by atoms with E-state index in [1.165, 1.54) is 18.2 Å². The van der Waals surface area contributed by atoms with Crippen LogP contribution in [0.25, 0.3) is 11.1 Å². The predicted octanol–water partition coefficient (Wildman–Crippen LogP) is 4.51. The Morgan fingerprint density at radius 2 is 1.62 bits per heavy atom. The van der Waals surface area contributed by atoms with Gasteiger partial charge in [-0.3, -0.25) is 0 Å². The summed E-state index contributed by atoms with van der Waals surface area (Å²) in [5.74, 6) is -0.514. The molecule has 1 N–H and O–H groups in total. The average molecular weight is 257 g/mol. The van der Waals surface area contributed by atoms with E-state index in [1.807, 2.05) is 0 Å². The lowest BCUT2D eigenvalue weighted by molar-refractivity contribution is 0.475. The summed E-state index contributed by atoms with van der Waals surface area (Å²) in [4.78, 5) is 0. The minimum Gasteiger partial charge on any atom is -0.507 e. The maximum atomic E-state index is 13.1. The second kappa shape index (κ2) is 4.32. The van der Waals surface area contributed by atoms with Gasteiger partial charge in [-0.05, 0) is 30.3 Å². The number of hydrogen-bond donors (Lipinski definition) is 1. The predicted molar refractivity (Wildman–Crippen MR) is 63.5 cm³/mol. The lowest BCUT2D eigenvalue weighted by atomic mass is 10.0. The van der Waals surface area contributed by atoms with Crippen LogP contribution in [0.15, 0.2) is 36.4 Å². The Morgan fingerprint density at radius 1 is 1.00 bits per heavy atom. The summed E-state index contributed by atoms with van der Waals surface area (Å²) in [6, 6.07) is 8.58. The molecular formula is C12H7Cl2FO. The van der Waals surface area contributed by atoms with Crippen molar-refractivity contribution in [2.24, 2.45) is 0 Å². The van der Waals surface area contributed by atoms with Crippen molar-refractivity contribution in [3.05, 3.63) is 52.3 Å². The van der Waals surface area contributed by atoms with Gasteiger partial charge in [0.25, 0.3) is 0 Å². The zero-order valence-electron chi connectivity index (χ0n) is 8.05. The van der Waals surface area contributed by atoms with Crippen molar-refractivity contribution in [1.82, 2.24) is 0 Å². The Hall–Kier alpha value is -1.25. The summed E-state index contributed by atoms with van der Waals surface area (Å²) in [6.45, 7) is 0. The smallest absolute Gasteiger partial charge is 0.124 e. The monoisotopic (exact) mass is 256 g/mol. The van der Waals surface area contributed by atoms with Crippen LogP contribution in [0, 0.1) is 5.82 Å². The Balaban J connectivity index is 2.72. The number of phenolic OH excluding ortho intramolecular Hbond substituents is 1. The molecule has 0 saturated carbocycles. The maximum absolute atomic E-state index is 13.1. The molecule has 0 aliphatic carbocycles. The molecule has 0 unspecified atom stereocenters. The molecule has 0 bridgehead atoms. The highest BCUT2D eigenvalue weighted by molar-refractivity contribution is 6.39. The first-order valence-electron chi connectivity index (χ1n) is 4.52. The van der Waals surface area contributed by atoms with Gasteiger partial charge in [-0.1, -0.05) is 29.3 Å². The van der Waals surface area contributed by atoms with E-state index < -0.39 is 5.82 Å². The van der Waals surface area contributed by atoms with Crippen LogP contribution in [-0.2, 0) is 0 Å². The van der Waals surface area contributed by atoms with E-state index in [0.29, 0.717) is 15.6 Å². The van der Waals surface area contributed by atoms with E-state index in [4.69, 9.17) is 23.2 Å². The number of phenols is 1. The third-order valence-corrected chi connectivity index (χ3v) is 2.82. The number of aromatic hydroxyl groups is 1. The van der Waals surface area contributed by atoms with Crippen molar-refractivity contribution < 1.29 is 9.50 Å². The third kappa shape index (κ3) is 1.99. The summed E-state index contributed by atoms with van der Waals surface area (Å²) in [7, 11) is 0. The first-order chi connectivity index (χ1) is 7.59. The van der Waals surface area contributed by atoms with E-state index in [-0.39, 0.29) is 11.3 Å². The fourth-order valence-electron chi connectivity index (χ4n) is 1.46. The molecule has 2 aromatic carbocycles. The van der Waals surface area contributed by atoms with E-state index >= 15 is 0 Å². The van der Waals surface area contributed by atoms with Gasteiger partial charge in [-0.15, -0.1) is 0 Å². The summed E-state index contributed by atoms with van der Waals surface area (Å²) in [5, 5.41) is 10.4. The Bertz CT molecular complexity index is 520. The number of halogens is 3. The number of hydrogen-bond acceptors (Lipinski definition) is 1. The van der Waals surface area contributed by atoms with Crippen LogP contribution >= 0.6 is 23.2 Å². The van der Waals surface area contributed by atoms with Crippen LogP contribution in [0.4, 0.5) is 4.39 Å². The zero-order valence-corrected chi connectivity index (χ0v) is 9.56. The minimum absolute atomic E-state index is 0.0589. The second-order valence-electron chi connectivity index (χ2n) is 3.26. The highest BCUT2D eigenvalue weighted by Gasteiger charge is 2.12. The molecule has 16 heavy (non-hydrogen) atoms. The SMILES string of the molecule is Oc1ccc(F)cc1-c1c(Cl)cccc1Cl. The van der Waals surface area contributed by atoms with Gasteiger partial charge in [0.05, 0.1) is 10.0 Å². The standard InChI is InChI=1S/C12H7Cl2FO/c13-9-2-1-3-10(14)12(9)8-6-7(15)4-5-11(8)16/h1-6,16H. The molecule has 0 atom stereocenters. The number of rotatable bonds is 1. The summed E-state index contributed by atoms with van der Waals surface area (Å²) in [5.41, 5.74) is 0.721. The largest absolute Gasteiger partial charge is 0.507 e. The van der Waals surface area contributed by atoms with Gasteiger partial charge in [0.1, 0.15) is 11.6 Å². The molecule has 2 rings (SSSR count). The molecule has 0 amide bonds. The van der Waals surface area contributed by atoms with Gasteiger partial charge in [0, 0.05) is 11.1 Å². The van der Waals surface area contributed by atoms with Crippen LogP contribution in [0.1, 0.15) is 0 Å². The Kier molecular flexibility index (Phi) is 3.03. The van der Waals surface area contributed by atoms with Crippen LogP contribution in [0.5, 0.6) is 5.75 Å². The van der Waals surface area contributed by atoms with Gasteiger partial charge in [-0.25, -0.2) is 4.39 Å². The molecule has 0 spiro atoms. The van der Waals surface area contributed by atoms with E-state index in [9.17, 15) is 9.50 Å². The summed E-state index contributed by atoms with van der Waals surface area (Å²) in [6.07, 6.45) is 0. The molecule has 82 valence electrons. The normalized spacial score (nSPS) is 10.4. The molecule has 1 nitrogen and oxygen atoms in total. The summed E-state index contributed by atoms with van der Waals surface area (Å²) < 4.78 is 13.1. The maximum Gasteiger partial charge on any atom is 0.124 e. The minimum atomic E-state index is -0.455. The lowest BCUT2D eigenvalue weighted by Crippen LogP contribution is -1.84. The van der Waals surface area contributed by atoms with Gasteiger partial charge >= 0.3 is 0 Å². The van der Waals surface area contributed by atoms with Crippen LogP contribution in [-0.4, -0.2) is 5.11 Å². The van der Waals surface area contributed by atoms with E-state index in [1.54, 1.807) is 18.2 Å². The van der Waals surface area contributed by atoms with Gasteiger partial charge < -0.3 is 5.11 Å². The molecule has 0 heterocycles. The van der Waals surface area contributed by atoms with Crippen molar-refractivity contribution in [3.63, 3.8) is 0 Å².